The molecule has 0 aliphatic rings. The topological polar surface area (TPSA) is 159 Å². The molecule has 0 aliphatic heterocycles. The number of primary amides is 1. The maximum Gasteiger partial charge on any atom is 0.430 e. The number of hydrogen-bond donors (Lipinski definition) is 2. The number of hydrogen-bond acceptors (Lipinski definition) is 6. The number of pyridine rings is 1. The van der Waals surface area contributed by atoms with Crippen LogP contribution in [0.5, 0.6) is 0 Å². The van der Waals surface area contributed by atoms with Crippen LogP contribution in [0, 0.1) is 0 Å². The van der Waals surface area contributed by atoms with Crippen LogP contribution in [0.2, 0.25) is 0 Å². The number of amides is 1. The molecule has 156 valence electrons. The molecule has 29 heavy (non-hydrogen) atoms. The summed E-state index contributed by atoms with van der Waals surface area (Å²) in [4.78, 5) is 42.0. The van der Waals surface area contributed by atoms with E-state index in [0.717, 1.165) is 5.56 Å². The van der Waals surface area contributed by atoms with Gasteiger partial charge in [0.05, 0.1) is 0 Å². The van der Waals surface area contributed by atoms with E-state index in [1.807, 2.05) is 0 Å². The molecule has 10 nitrogen and oxygen atoms in total. The van der Waals surface area contributed by atoms with Gasteiger partial charge >= 0.3 is 12.1 Å². The van der Waals surface area contributed by atoms with Crippen LogP contribution < -0.4 is 21.1 Å². The van der Waals surface area contributed by atoms with Gasteiger partial charge in [0.1, 0.15) is 25.1 Å². The fourth-order valence-corrected chi connectivity index (χ4v) is 1.88. The molecule has 0 unspecified atom stereocenters. The number of rotatable bonds is 6. The van der Waals surface area contributed by atoms with Crippen LogP contribution in [-0.4, -0.2) is 38.8 Å². The molecule has 0 aliphatic carbocycles. The molecule has 3 N–H and O–H groups in total. The van der Waals surface area contributed by atoms with E-state index in [2.05, 4.69) is 5.10 Å². The first-order valence-electron chi connectivity index (χ1n) is 7.75. The van der Waals surface area contributed by atoms with Crippen molar-refractivity contribution in [2.75, 3.05) is 0 Å². The van der Waals surface area contributed by atoms with Crippen LogP contribution in [0.25, 0.3) is 11.1 Å². The minimum atomic E-state index is -5.19. The van der Waals surface area contributed by atoms with Crippen molar-refractivity contribution in [3.63, 3.8) is 0 Å². The summed E-state index contributed by atoms with van der Waals surface area (Å²) in [5, 5.41) is 21.5. The van der Waals surface area contributed by atoms with Crippen LogP contribution in [0.15, 0.2) is 41.6 Å². The van der Waals surface area contributed by atoms with Gasteiger partial charge in [-0.3, -0.25) is 14.4 Å². The Hall–Kier alpha value is -3.77. The molecular formula is C16H15F3N4O6. The maximum atomic E-state index is 11.9. The third-order valence-electron chi connectivity index (χ3n) is 3.21. The summed E-state index contributed by atoms with van der Waals surface area (Å²) in [6.07, 6.45) is -0.518. The predicted molar refractivity (Wildman–Crippen MR) is 86.6 cm³/mol. The lowest BCUT2D eigenvalue weighted by Crippen LogP contribution is -2.38. The Kier molecular flexibility index (Phi) is 7.99. The Bertz CT molecular complexity index is 941. The van der Waals surface area contributed by atoms with E-state index in [1.54, 1.807) is 24.5 Å². The summed E-state index contributed by atoms with van der Waals surface area (Å²) in [5.41, 5.74) is 6.09. The molecule has 2 heterocycles. The standard InChI is InChI=1S/C14H14N4O4.C2HF3O2/c15-12(19)9-17-4-1-10(7-13(17)20)11-2-5-18(16-8-11)6-3-14(21)22;3-2(4,5)1(6)7/h1-2,4-5,7-8H,3,6,9H2,(H2-,15,19,21,22);(H,6,7). The second-order valence-electron chi connectivity index (χ2n) is 5.46. The van der Waals surface area contributed by atoms with Gasteiger partial charge in [-0.05, 0) is 16.7 Å². The van der Waals surface area contributed by atoms with Gasteiger partial charge < -0.3 is 25.3 Å². The van der Waals surface area contributed by atoms with Crippen molar-refractivity contribution in [2.24, 2.45) is 5.73 Å². The first-order valence-corrected chi connectivity index (χ1v) is 7.75. The SMILES string of the molecule is NC(=O)Cn1ccc(-c2cc[n+](CCC(=O)O)nc2)cc1=O.O=C([O-])C(F)(F)F. The summed E-state index contributed by atoms with van der Waals surface area (Å²) in [6.45, 7) is 0.108. The van der Waals surface area contributed by atoms with Crippen molar-refractivity contribution in [1.29, 1.82) is 0 Å². The zero-order valence-corrected chi connectivity index (χ0v) is 14.6. The van der Waals surface area contributed by atoms with Crippen molar-refractivity contribution in [3.05, 3.63) is 47.1 Å². The van der Waals surface area contributed by atoms with E-state index >= 15 is 0 Å². The number of carboxylic acid groups (broad SMARTS) is 2. The Balaban J connectivity index is 0.000000516. The van der Waals surface area contributed by atoms with Crippen LogP contribution in [0.3, 0.4) is 0 Å². The van der Waals surface area contributed by atoms with E-state index in [4.69, 9.17) is 20.7 Å². The minimum Gasteiger partial charge on any atom is -0.542 e. The van der Waals surface area contributed by atoms with Crippen LogP contribution in [-0.2, 0) is 27.5 Å². The van der Waals surface area contributed by atoms with E-state index in [-0.39, 0.29) is 25.1 Å². The third kappa shape index (κ3) is 8.19. The average Bonchev–Trinajstić information content (AvgIpc) is 2.61. The second-order valence-corrected chi connectivity index (χ2v) is 5.46. The van der Waals surface area contributed by atoms with Crippen molar-refractivity contribution < 1.29 is 42.4 Å². The first kappa shape index (κ1) is 23.3. The van der Waals surface area contributed by atoms with Gasteiger partial charge in [-0.25, -0.2) is 0 Å². The highest BCUT2D eigenvalue weighted by Crippen LogP contribution is 2.14. The molecule has 0 bridgehead atoms. The summed E-state index contributed by atoms with van der Waals surface area (Å²) < 4.78 is 34.3. The van der Waals surface area contributed by atoms with Gasteiger partial charge in [-0.1, -0.05) is 4.68 Å². The van der Waals surface area contributed by atoms with Crippen LogP contribution in [0.1, 0.15) is 6.42 Å². The lowest BCUT2D eigenvalue weighted by atomic mass is 10.1. The fraction of sp³-hybridized carbons (Fsp3) is 0.250. The molecule has 0 saturated carbocycles. The largest absolute Gasteiger partial charge is 0.542 e. The molecule has 2 aromatic rings. The van der Waals surface area contributed by atoms with Crippen LogP contribution in [0.4, 0.5) is 13.2 Å². The Morgan fingerprint density at radius 3 is 2.28 bits per heavy atom. The monoisotopic (exact) mass is 416 g/mol. The molecule has 2 rings (SSSR count). The number of carbonyl (C=O) groups excluding carboxylic acids is 2. The highest BCUT2D eigenvalue weighted by molar-refractivity contribution is 5.73. The molecule has 0 fully saturated rings. The number of alkyl halides is 3. The van der Waals surface area contributed by atoms with Gasteiger partial charge in [0.25, 0.3) is 5.56 Å². The highest BCUT2D eigenvalue weighted by Gasteiger charge is 2.28. The molecule has 0 saturated heterocycles. The van der Waals surface area contributed by atoms with Crippen molar-refractivity contribution in [2.45, 2.75) is 25.7 Å². The molecule has 0 atom stereocenters. The van der Waals surface area contributed by atoms with Crippen molar-refractivity contribution in [3.8, 4) is 11.1 Å². The normalized spacial score (nSPS) is 10.6. The number of nitrogens with two attached hydrogens (primary N) is 1. The average molecular weight is 416 g/mol. The second kappa shape index (κ2) is 9.96. The van der Waals surface area contributed by atoms with E-state index in [0.29, 0.717) is 5.56 Å². The number of nitrogens with zero attached hydrogens (tertiary/aromatic N) is 3. The smallest absolute Gasteiger partial charge is 0.430 e. The van der Waals surface area contributed by atoms with Gasteiger partial charge in [-0.15, -0.1) is 0 Å². The Labute approximate surface area is 160 Å². The number of carboxylic acids is 2. The van der Waals surface area contributed by atoms with Gasteiger partial charge in [0.15, 0.2) is 12.7 Å². The summed E-state index contributed by atoms with van der Waals surface area (Å²) in [5.74, 6) is -4.49. The molecular weight excluding hydrogens is 401 g/mol. The number of aryl methyl sites for hydroxylation is 1. The summed E-state index contributed by atoms with van der Waals surface area (Å²) >= 11 is 0. The first-order chi connectivity index (χ1) is 13.4. The fourth-order valence-electron chi connectivity index (χ4n) is 1.88. The van der Waals surface area contributed by atoms with E-state index in [1.165, 1.54) is 21.5 Å². The lowest BCUT2D eigenvalue weighted by molar-refractivity contribution is -0.752. The van der Waals surface area contributed by atoms with Crippen molar-refractivity contribution in [1.82, 2.24) is 9.67 Å². The highest BCUT2D eigenvalue weighted by atomic mass is 19.4. The van der Waals surface area contributed by atoms with E-state index in [9.17, 15) is 27.6 Å². The predicted octanol–water partition coefficient (Wildman–Crippen LogP) is -1.54. The number of aliphatic carboxylic acids is 2. The lowest BCUT2D eigenvalue weighted by Gasteiger charge is -2.04. The zero-order valence-electron chi connectivity index (χ0n) is 14.6. The van der Waals surface area contributed by atoms with Gasteiger partial charge in [0.2, 0.25) is 5.91 Å². The molecule has 0 aromatic carbocycles. The molecule has 1 amide bonds. The van der Waals surface area contributed by atoms with Gasteiger partial charge in [0, 0.05) is 23.9 Å². The zero-order chi connectivity index (χ0) is 22.2. The number of carbonyl (C=O) groups is 3. The maximum absolute atomic E-state index is 11.9. The quantitative estimate of drug-likeness (QED) is 0.540. The Morgan fingerprint density at radius 1 is 1.24 bits per heavy atom. The Morgan fingerprint density at radius 2 is 1.86 bits per heavy atom. The number of halogens is 3. The third-order valence-corrected chi connectivity index (χ3v) is 3.21. The molecule has 0 spiro atoms. The molecule has 2 aromatic heterocycles. The van der Waals surface area contributed by atoms with Crippen LogP contribution >= 0.6 is 0 Å². The molecule has 0 radical (unpaired) electrons. The van der Waals surface area contributed by atoms with E-state index < -0.39 is 24.0 Å². The molecule has 13 heteroatoms. The summed E-state index contributed by atoms with van der Waals surface area (Å²) in [7, 11) is 0. The van der Waals surface area contributed by atoms with Gasteiger partial charge in [-0.2, -0.15) is 13.2 Å². The summed E-state index contributed by atoms with van der Waals surface area (Å²) in [6, 6.07) is 4.81. The van der Waals surface area contributed by atoms with Crippen molar-refractivity contribution >= 4 is 17.8 Å². The minimum absolute atomic E-state index is 0.0137. The number of aromatic nitrogens is 3.